The van der Waals surface area contributed by atoms with Crippen LogP contribution in [0.25, 0.3) is 10.2 Å². The summed E-state index contributed by atoms with van der Waals surface area (Å²) in [6, 6.07) is 0. The maximum absolute atomic E-state index is 12.8. The number of aromatic nitrogens is 4. The minimum atomic E-state index is -0.0181. The molecule has 3 aromatic rings. The molecule has 0 bridgehead atoms. The lowest BCUT2D eigenvalue weighted by atomic mass is 10.2. The van der Waals surface area contributed by atoms with E-state index < -0.39 is 0 Å². The van der Waals surface area contributed by atoms with Gasteiger partial charge in [-0.15, -0.1) is 17.9 Å². The van der Waals surface area contributed by atoms with Crippen molar-refractivity contribution in [2.45, 2.75) is 36.8 Å². The molecule has 0 amide bonds. The van der Waals surface area contributed by atoms with Gasteiger partial charge in [-0.3, -0.25) is 9.36 Å². The highest BCUT2D eigenvalue weighted by Crippen LogP contribution is 2.31. The van der Waals surface area contributed by atoms with E-state index in [-0.39, 0.29) is 5.56 Å². The molecule has 0 N–H and O–H groups in total. The van der Waals surface area contributed by atoms with Crippen LogP contribution < -0.4 is 5.56 Å². The van der Waals surface area contributed by atoms with Crippen LogP contribution in [0.2, 0.25) is 0 Å². The Labute approximate surface area is 139 Å². The summed E-state index contributed by atoms with van der Waals surface area (Å²) in [5, 5.41) is 1.34. The Morgan fingerprint density at radius 3 is 2.73 bits per heavy atom. The number of aryl methyl sites for hydroxylation is 3. The summed E-state index contributed by atoms with van der Waals surface area (Å²) in [5.41, 5.74) is 0.995. The molecule has 0 spiro atoms. The monoisotopic (exact) mass is 350 g/mol. The van der Waals surface area contributed by atoms with Crippen molar-refractivity contribution in [2.24, 2.45) is 0 Å². The van der Waals surface area contributed by atoms with Gasteiger partial charge < -0.3 is 0 Å². The van der Waals surface area contributed by atoms with Crippen LogP contribution in [0.5, 0.6) is 0 Å². The van der Waals surface area contributed by atoms with Crippen molar-refractivity contribution in [1.29, 1.82) is 0 Å². The normalized spacial score (nSPS) is 11.2. The molecule has 22 heavy (non-hydrogen) atoms. The first-order chi connectivity index (χ1) is 10.5. The van der Waals surface area contributed by atoms with Gasteiger partial charge in [-0.25, -0.2) is 9.97 Å². The first-order valence-corrected chi connectivity index (χ1v) is 9.01. The zero-order chi connectivity index (χ0) is 15.9. The Kier molecular flexibility index (Phi) is 4.16. The van der Waals surface area contributed by atoms with Crippen LogP contribution in [0.15, 0.2) is 26.9 Å². The van der Waals surface area contributed by atoms with E-state index in [4.69, 9.17) is 0 Å². The Bertz CT molecular complexity index is 922. The third kappa shape index (κ3) is 2.62. The SMILES string of the molecule is C=CCn1c(Sc2nc(C)ns2)nc2sc(C)c(C)c2c1=O. The topological polar surface area (TPSA) is 60.7 Å². The average molecular weight is 350 g/mol. The Morgan fingerprint density at radius 2 is 2.09 bits per heavy atom. The van der Waals surface area contributed by atoms with E-state index in [0.717, 1.165) is 25.4 Å². The van der Waals surface area contributed by atoms with Crippen molar-refractivity contribution in [3.05, 3.63) is 39.3 Å². The maximum Gasteiger partial charge on any atom is 0.263 e. The number of rotatable bonds is 4. The number of fused-ring (bicyclic) bond motifs is 1. The summed E-state index contributed by atoms with van der Waals surface area (Å²) in [6.45, 7) is 9.99. The molecule has 3 heterocycles. The first-order valence-electron chi connectivity index (χ1n) is 6.61. The van der Waals surface area contributed by atoms with Crippen molar-refractivity contribution < 1.29 is 0 Å². The number of thiophene rings is 1. The fourth-order valence-corrected chi connectivity index (χ4v) is 4.80. The van der Waals surface area contributed by atoms with Gasteiger partial charge in [-0.05, 0) is 49.6 Å². The van der Waals surface area contributed by atoms with E-state index in [2.05, 4.69) is 20.9 Å². The molecule has 0 aliphatic rings. The van der Waals surface area contributed by atoms with Crippen molar-refractivity contribution in [1.82, 2.24) is 18.9 Å². The molecule has 0 fully saturated rings. The summed E-state index contributed by atoms with van der Waals surface area (Å²) in [5.74, 6) is 0.731. The molecule has 3 aromatic heterocycles. The summed E-state index contributed by atoms with van der Waals surface area (Å²) in [6.07, 6.45) is 1.71. The van der Waals surface area contributed by atoms with E-state index >= 15 is 0 Å². The smallest absolute Gasteiger partial charge is 0.263 e. The fraction of sp³-hybridized carbons (Fsp3) is 0.286. The Morgan fingerprint density at radius 1 is 1.32 bits per heavy atom. The van der Waals surface area contributed by atoms with Gasteiger partial charge in [0.1, 0.15) is 10.7 Å². The van der Waals surface area contributed by atoms with Gasteiger partial charge in [0.25, 0.3) is 5.56 Å². The third-order valence-corrected chi connectivity index (χ3v) is 6.19. The Balaban J connectivity index is 2.21. The van der Waals surface area contributed by atoms with Gasteiger partial charge >= 0.3 is 0 Å². The zero-order valence-electron chi connectivity index (χ0n) is 12.4. The predicted octanol–water partition coefficient (Wildman–Crippen LogP) is 3.57. The average Bonchev–Trinajstić information content (AvgIpc) is 2.99. The molecule has 0 saturated carbocycles. The van der Waals surface area contributed by atoms with Gasteiger partial charge in [-0.1, -0.05) is 6.08 Å². The second-order valence-electron chi connectivity index (χ2n) is 4.77. The standard InChI is InChI=1S/C14H14N4OS3/c1-5-6-18-12(19)10-7(2)8(3)20-11(10)16-13(18)21-14-15-9(4)17-22-14/h5H,1,6H2,2-4H3. The van der Waals surface area contributed by atoms with Crippen LogP contribution in [0.3, 0.4) is 0 Å². The van der Waals surface area contributed by atoms with Crippen LogP contribution >= 0.6 is 34.6 Å². The lowest BCUT2D eigenvalue weighted by Gasteiger charge is -2.08. The van der Waals surface area contributed by atoms with E-state index in [1.807, 2.05) is 20.8 Å². The molecule has 0 atom stereocenters. The van der Waals surface area contributed by atoms with Gasteiger partial charge in [-0.2, -0.15) is 4.37 Å². The third-order valence-electron chi connectivity index (χ3n) is 3.25. The lowest BCUT2D eigenvalue weighted by molar-refractivity contribution is 0.672. The largest absolute Gasteiger partial charge is 0.283 e. The highest BCUT2D eigenvalue weighted by atomic mass is 32.2. The number of hydrogen-bond acceptors (Lipinski definition) is 7. The predicted molar refractivity (Wildman–Crippen MR) is 92.3 cm³/mol. The van der Waals surface area contributed by atoms with Gasteiger partial charge in [0.05, 0.1) is 5.39 Å². The number of allylic oxidation sites excluding steroid dienone is 1. The van der Waals surface area contributed by atoms with Crippen molar-refractivity contribution in [2.75, 3.05) is 0 Å². The molecule has 0 unspecified atom stereocenters. The molecule has 0 aliphatic carbocycles. The van der Waals surface area contributed by atoms with Crippen LogP contribution in [0, 0.1) is 20.8 Å². The van der Waals surface area contributed by atoms with Crippen molar-refractivity contribution in [3.8, 4) is 0 Å². The van der Waals surface area contributed by atoms with Gasteiger partial charge in [0.2, 0.25) is 0 Å². The molecule has 0 radical (unpaired) electrons. The molecule has 3 rings (SSSR count). The van der Waals surface area contributed by atoms with Crippen LogP contribution in [-0.4, -0.2) is 18.9 Å². The zero-order valence-corrected chi connectivity index (χ0v) is 14.9. The first kappa shape index (κ1) is 15.4. The summed E-state index contributed by atoms with van der Waals surface area (Å²) in [4.78, 5) is 23.7. The van der Waals surface area contributed by atoms with Crippen LogP contribution in [0.4, 0.5) is 0 Å². The highest BCUT2D eigenvalue weighted by molar-refractivity contribution is 8.00. The number of hydrogen-bond donors (Lipinski definition) is 0. The summed E-state index contributed by atoms with van der Waals surface area (Å²) < 4.78 is 6.60. The van der Waals surface area contributed by atoms with Crippen molar-refractivity contribution in [3.63, 3.8) is 0 Å². The van der Waals surface area contributed by atoms with Crippen LogP contribution in [-0.2, 0) is 6.54 Å². The molecule has 114 valence electrons. The molecule has 0 saturated heterocycles. The molecule has 8 heteroatoms. The second-order valence-corrected chi connectivity index (χ2v) is 7.94. The quantitative estimate of drug-likeness (QED) is 0.532. The molecular formula is C14H14N4OS3. The molecule has 0 aromatic carbocycles. The minimum absolute atomic E-state index is 0.0181. The van der Waals surface area contributed by atoms with Crippen LogP contribution in [0.1, 0.15) is 16.3 Å². The molecule has 0 aliphatic heterocycles. The number of nitrogens with zero attached hydrogens (tertiary/aromatic N) is 4. The lowest BCUT2D eigenvalue weighted by Crippen LogP contribution is -2.22. The van der Waals surface area contributed by atoms with E-state index in [0.29, 0.717) is 17.1 Å². The van der Waals surface area contributed by atoms with Gasteiger partial charge in [0, 0.05) is 11.4 Å². The maximum atomic E-state index is 12.8. The highest BCUT2D eigenvalue weighted by Gasteiger charge is 2.17. The summed E-state index contributed by atoms with van der Waals surface area (Å²) >= 11 is 4.24. The molecule has 5 nitrogen and oxygen atoms in total. The van der Waals surface area contributed by atoms with Crippen molar-refractivity contribution >= 4 is 44.8 Å². The van der Waals surface area contributed by atoms with E-state index in [1.165, 1.54) is 23.3 Å². The minimum Gasteiger partial charge on any atom is -0.283 e. The summed E-state index contributed by atoms with van der Waals surface area (Å²) in [7, 11) is 0. The second kappa shape index (κ2) is 5.94. The fourth-order valence-electron chi connectivity index (χ4n) is 2.07. The Hall–Kier alpha value is -1.51. The van der Waals surface area contributed by atoms with E-state index in [9.17, 15) is 4.79 Å². The van der Waals surface area contributed by atoms with E-state index in [1.54, 1.807) is 22.0 Å². The molecular weight excluding hydrogens is 336 g/mol. The van der Waals surface area contributed by atoms with Gasteiger partial charge in [0.15, 0.2) is 9.50 Å².